The van der Waals surface area contributed by atoms with Gasteiger partial charge in [0.1, 0.15) is 18.1 Å². The van der Waals surface area contributed by atoms with Crippen molar-refractivity contribution in [1.29, 1.82) is 0 Å². The largest absolute Gasteiger partial charge is 0.462 e. The van der Waals surface area contributed by atoms with Gasteiger partial charge in [-0.3, -0.25) is 9.36 Å². The number of hydrogen-bond acceptors (Lipinski definition) is 9. The third-order valence-electron chi connectivity index (χ3n) is 7.27. The zero-order valence-electron chi connectivity index (χ0n) is 25.3. The highest BCUT2D eigenvalue weighted by atomic mass is 32.1. The first-order chi connectivity index (χ1) is 21.2. The quantitative estimate of drug-likeness (QED) is 0.183. The van der Waals surface area contributed by atoms with E-state index in [1.54, 1.807) is 54.8 Å². The van der Waals surface area contributed by atoms with Gasteiger partial charge in [0.05, 0.1) is 40.6 Å². The molecule has 2 aromatic carbocycles. The van der Waals surface area contributed by atoms with Gasteiger partial charge < -0.3 is 18.6 Å². The average molecular weight is 615 g/mol. The monoisotopic (exact) mass is 614 g/mol. The molecule has 0 saturated carbocycles. The molecule has 228 valence electrons. The van der Waals surface area contributed by atoms with Crippen molar-refractivity contribution in [1.82, 2.24) is 4.57 Å². The second-order valence-electron chi connectivity index (χ2n) is 10.5. The molecule has 10 heteroatoms. The van der Waals surface area contributed by atoms with E-state index >= 15 is 0 Å². The first-order valence-electron chi connectivity index (χ1n) is 14.4. The first-order valence-corrected chi connectivity index (χ1v) is 15.2. The van der Waals surface area contributed by atoms with Crippen LogP contribution >= 0.6 is 11.3 Å². The van der Waals surface area contributed by atoms with Gasteiger partial charge in [0, 0.05) is 18.7 Å². The van der Waals surface area contributed by atoms with Gasteiger partial charge in [0.25, 0.3) is 5.56 Å². The number of fused-ring (bicyclic) bond motifs is 1. The minimum absolute atomic E-state index is 0.0790. The van der Waals surface area contributed by atoms with Gasteiger partial charge >= 0.3 is 11.9 Å². The van der Waals surface area contributed by atoms with E-state index in [0.717, 1.165) is 11.1 Å². The van der Waals surface area contributed by atoms with Crippen molar-refractivity contribution < 1.29 is 28.2 Å². The maximum atomic E-state index is 14.0. The molecule has 0 spiro atoms. The number of furan rings is 1. The van der Waals surface area contributed by atoms with Gasteiger partial charge in [-0.2, -0.15) is 0 Å². The third-order valence-corrected chi connectivity index (χ3v) is 8.25. The second-order valence-corrected chi connectivity index (χ2v) is 11.5. The fourth-order valence-corrected chi connectivity index (χ4v) is 6.07. The number of thiazole rings is 1. The first kappa shape index (κ1) is 30.9. The lowest BCUT2D eigenvalue weighted by molar-refractivity contribution is -0.140. The average Bonchev–Trinajstić information content (AvgIpc) is 3.60. The fourth-order valence-electron chi connectivity index (χ4n) is 5.05. The van der Waals surface area contributed by atoms with E-state index in [1.807, 2.05) is 30.3 Å². The van der Waals surface area contributed by atoms with Crippen LogP contribution in [0.4, 0.5) is 0 Å². The molecule has 0 N–H and O–H groups in total. The number of ether oxygens (including phenoxy) is 3. The van der Waals surface area contributed by atoms with Crippen molar-refractivity contribution in [3.63, 3.8) is 0 Å². The number of rotatable bonds is 10. The number of methoxy groups -OCH3 is 1. The molecular formula is C34H34N2O7S. The van der Waals surface area contributed by atoms with Gasteiger partial charge in [-0.05, 0) is 49.1 Å². The molecule has 0 amide bonds. The van der Waals surface area contributed by atoms with Crippen molar-refractivity contribution in [2.75, 3.05) is 26.9 Å². The summed E-state index contributed by atoms with van der Waals surface area (Å²) in [6.07, 6.45) is 1.65. The number of esters is 2. The highest BCUT2D eigenvalue weighted by Crippen LogP contribution is 2.32. The maximum Gasteiger partial charge on any atom is 0.338 e. The molecule has 0 fully saturated rings. The highest BCUT2D eigenvalue weighted by molar-refractivity contribution is 7.07. The fraction of sp³-hybridized carbons (Fsp3) is 0.294. The van der Waals surface area contributed by atoms with Gasteiger partial charge in [-0.1, -0.05) is 67.6 Å². The van der Waals surface area contributed by atoms with E-state index in [4.69, 9.17) is 18.6 Å². The Morgan fingerprint density at radius 3 is 2.48 bits per heavy atom. The molecule has 1 atom stereocenters. The predicted molar refractivity (Wildman–Crippen MR) is 167 cm³/mol. The lowest BCUT2D eigenvalue weighted by Crippen LogP contribution is -2.40. The second kappa shape index (κ2) is 13.4. The third kappa shape index (κ3) is 6.22. The molecule has 0 bridgehead atoms. The van der Waals surface area contributed by atoms with E-state index in [1.165, 1.54) is 18.4 Å². The summed E-state index contributed by atoms with van der Waals surface area (Å²) in [7, 11) is 1.53. The SMILES string of the molecule is CCOC(=O)c1ccccc1-c1ccc(C=c2sc3n(c2=O)C(c2ccc(C(C)C)cc2)C(C(=O)OCCOC)=C(C)N=3)o1. The Labute approximate surface area is 258 Å². The van der Waals surface area contributed by atoms with Gasteiger partial charge in [0.15, 0.2) is 4.80 Å². The summed E-state index contributed by atoms with van der Waals surface area (Å²) in [6.45, 7) is 8.30. The molecule has 5 rings (SSSR count). The van der Waals surface area contributed by atoms with E-state index in [9.17, 15) is 14.4 Å². The van der Waals surface area contributed by atoms with Crippen LogP contribution < -0.4 is 14.9 Å². The lowest BCUT2D eigenvalue weighted by Gasteiger charge is -2.25. The van der Waals surface area contributed by atoms with E-state index in [-0.39, 0.29) is 25.4 Å². The van der Waals surface area contributed by atoms with Gasteiger partial charge in [0.2, 0.25) is 0 Å². The topological polar surface area (TPSA) is 109 Å². The minimum atomic E-state index is -0.728. The molecule has 0 aliphatic carbocycles. The van der Waals surface area contributed by atoms with Crippen LogP contribution in [-0.2, 0) is 19.0 Å². The smallest absolute Gasteiger partial charge is 0.338 e. The van der Waals surface area contributed by atoms with Crippen LogP contribution in [0.25, 0.3) is 17.4 Å². The Kier molecular flexibility index (Phi) is 9.41. The number of allylic oxidation sites excluding steroid dienone is 1. The molecule has 0 radical (unpaired) electrons. The molecule has 1 unspecified atom stereocenters. The van der Waals surface area contributed by atoms with Crippen LogP contribution in [0, 0.1) is 0 Å². The van der Waals surface area contributed by atoms with Crippen molar-refractivity contribution in [2.45, 2.75) is 39.7 Å². The van der Waals surface area contributed by atoms with E-state index in [2.05, 4.69) is 18.8 Å². The number of nitrogens with zero attached hydrogens (tertiary/aromatic N) is 2. The van der Waals surface area contributed by atoms with Crippen molar-refractivity contribution in [3.8, 4) is 11.3 Å². The van der Waals surface area contributed by atoms with E-state index < -0.39 is 18.0 Å². The normalized spacial score (nSPS) is 14.9. The molecule has 3 heterocycles. The molecule has 0 saturated heterocycles. The van der Waals surface area contributed by atoms with E-state index in [0.29, 0.717) is 49.2 Å². The number of carbonyl (C=O) groups is 2. The van der Waals surface area contributed by atoms with Gasteiger partial charge in [-0.25, -0.2) is 14.6 Å². The summed E-state index contributed by atoms with van der Waals surface area (Å²) in [6, 6.07) is 17.7. The summed E-state index contributed by atoms with van der Waals surface area (Å²) in [4.78, 5) is 45.0. The summed E-state index contributed by atoms with van der Waals surface area (Å²) >= 11 is 1.21. The summed E-state index contributed by atoms with van der Waals surface area (Å²) < 4.78 is 23.7. The van der Waals surface area contributed by atoms with Crippen molar-refractivity contribution >= 4 is 29.4 Å². The zero-order chi connectivity index (χ0) is 31.4. The standard InChI is InChI=1S/C34H34N2O7S/c1-6-41-32(38)26-10-8-7-9-25(26)27-16-15-24(43-27)19-28-31(37)36-30(23-13-11-22(12-14-23)20(2)3)29(21(4)35-34(36)44-28)33(39)42-18-17-40-5/h7-16,19-20,30H,6,17-18H2,1-5H3. The number of benzene rings is 2. The molecule has 1 aliphatic heterocycles. The molecular weight excluding hydrogens is 580 g/mol. The van der Waals surface area contributed by atoms with Crippen LogP contribution in [0.1, 0.15) is 66.9 Å². The summed E-state index contributed by atoms with van der Waals surface area (Å²) in [5, 5.41) is 0. The zero-order valence-corrected chi connectivity index (χ0v) is 26.1. The van der Waals surface area contributed by atoms with Crippen molar-refractivity contribution in [2.24, 2.45) is 4.99 Å². The maximum absolute atomic E-state index is 14.0. The Morgan fingerprint density at radius 1 is 1.02 bits per heavy atom. The van der Waals surface area contributed by atoms with Crippen LogP contribution in [0.5, 0.6) is 0 Å². The Hall–Kier alpha value is -4.54. The minimum Gasteiger partial charge on any atom is -0.462 e. The van der Waals surface area contributed by atoms with Crippen LogP contribution in [0.2, 0.25) is 0 Å². The molecule has 1 aliphatic rings. The Balaban J connectivity index is 1.58. The van der Waals surface area contributed by atoms with Crippen LogP contribution in [0.15, 0.2) is 86.1 Å². The summed E-state index contributed by atoms with van der Waals surface area (Å²) in [5.41, 5.74) is 3.35. The highest BCUT2D eigenvalue weighted by Gasteiger charge is 2.33. The molecule has 2 aromatic heterocycles. The number of aromatic nitrogens is 1. The van der Waals surface area contributed by atoms with Gasteiger partial charge in [-0.15, -0.1) is 0 Å². The predicted octanol–water partition coefficient (Wildman–Crippen LogP) is 4.98. The molecule has 44 heavy (non-hydrogen) atoms. The lowest BCUT2D eigenvalue weighted by atomic mass is 9.93. The van der Waals surface area contributed by atoms with Crippen molar-refractivity contribution in [3.05, 3.63) is 114 Å². The number of carbonyl (C=O) groups excluding carboxylic acids is 2. The Morgan fingerprint density at radius 2 is 1.77 bits per heavy atom. The Bertz CT molecular complexity index is 1890. The van der Waals surface area contributed by atoms with Crippen LogP contribution in [0.3, 0.4) is 0 Å². The number of hydrogen-bond donors (Lipinski definition) is 0. The molecule has 4 aromatic rings. The van der Waals surface area contributed by atoms with Crippen LogP contribution in [-0.4, -0.2) is 43.4 Å². The summed E-state index contributed by atoms with van der Waals surface area (Å²) in [5.74, 6) is 0.225. The molecule has 9 nitrogen and oxygen atoms in total.